The Kier molecular flexibility index (Phi) is 6.00. The molecule has 0 bridgehead atoms. The number of carbonyl (C=O) groups excluding carboxylic acids is 2. The maximum absolute atomic E-state index is 12.3. The first kappa shape index (κ1) is 16.5. The summed E-state index contributed by atoms with van der Waals surface area (Å²) in [7, 11) is 0. The van der Waals surface area contributed by atoms with Gasteiger partial charge in [0.25, 0.3) is 5.91 Å². The van der Waals surface area contributed by atoms with Crippen LogP contribution in [0.4, 0.5) is 0 Å². The topological polar surface area (TPSA) is 57.0 Å². The number of nitrogens with zero attached hydrogens (tertiary/aromatic N) is 3. The fourth-order valence-electron chi connectivity index (χ4n) is 2.67. The van der Waals surface area contributed by atoms with E-state index in [2.05, 4.69) is 11.8 Å². The standard InChI is InChI=1S/C16H25N3O3/c1-3-17-8-10-19(11-9-17)15(20)5-7-18(4-2)16(21)14-6-12-22-13-14/h6,12-13H,3-5,7-11H2,1-2H3. The smallest absolute Gasteiger partial charge is 0.257 e. The van der Waals surface area contributed by atoms with E-state index in [0.29, 0.717) is 25.1 Å². The van der Waals surface area contributed by atoms with Crippen molar-refractivity contribution in [3.05, 3.63) is 24.2 Å². The van der Waals surface area contributed by atoms with E-state index in [4.69, 9.17) is 4.42 Å². The molecule has 0 spiro atoms. The Hall–Kier alpha value is -1.82. The van der Waals surface area contributed by atoms with Crippen molar-refractivity contribution < 1.29 is 14.0 Å². The van der Waals surface area contributed by atoms with Gasteiger partial charge in [0.2, 0.25) is 5.91 Å². The summed E-state index contributed by atoms with van der Waals surface area (Å²) in [6, 6.07) is 1.65. The minimum atomic E-state index is -0.0835. The summed E-state index contributed by atoms with van der Waals surface area (Å²) in [6.45, 7) is 9.57. The van der Waals surface area contributed by atoms with E-state index in [1.54, 1.807) is 11.0 Å². The zero-order valence-corrected chi connectivity index (χ0v) is 13.5. The van der Waals surface area contributed by atoms with Gasteiger partial charge in [-0.3, -0.25) is 9.59 Å². The second kappa shape index (κ2) is 7.98. The number of piperazine rings is 1. The summed E-state index contributed by atoms with van der Waals surface area (Å²) < 4.78 is 4.94. The maximum atomic E-state index is 12.3. The third-order valence-corrected chi connectivity index (χ3v) is 4.20. The molecule has 0 aromatic carbocycles. The predicted molar refractivity (Wildman–Crippen MR) is 83.6 cm³/mol. The van der Waals surface area contributed by atoms with Crippen LogP contribution in [-0.2, 0) is 4.79 Å². The van der Waals surface area contributed by atoms with Crippen LogP contribution in [0.15, 0.2) is 23.0 Å². The molecule has 0 saturated carbocycles. The van der Waals surface area contributed by atoms with Gasteiger partial charge in [0.05, 0.1) is 11.8 Å². The van der Waals surface area contributed by atoms with E-state index in [-0.39, 0.29) is 11.8 Å². The molecule has 1 aromatic rings. The van der Waals surface area contributed by atoms with E-state index < -0.39 is 0 Å². The fourth-order valence-corrected chi connectivity index (χ4v) is 2.67. The number of furan rings is 1. The summed E-state index contributed by atoms with van der Waals surface area (Å²) >= 11 is 0. The number of hydrogen-bond donors (Lipinski definition) is 0. The molecule has 22 heavy (non-hydrogen) atoms. The first-order valence-corrected chi connectivity index (χ1v) is 7.97. The zero-order valence-electron chi connectivity index (χ0n) is 13.5. The molecule has 1 aromatic heterocycles. The lowest BCUT2D eigenvalue weighted by molar-refractivity contribution is -0.133. The summed E-state index contributed by atoms with van der Waals surface area (Å²) in [5.74, 6) is 0.0500. The Morgan fingerprint density at radius 1 is 1.23 bits per heavy atom. The molecule has 6 nitrogen and oxygen atoms in total. The third-order valence-electron chi connectivity index (χ3n) is 4.20. The van der Waals surface area contributed by atoms with Crippen LogP contribution in [0.1, 0.15) is 30.6 Å². The highest BCUT2D eigenvalue weighted by Crippen LogP contribution is 2.08. The van der Waals surface area contributed by atoms with Gasteiger partial charge in [0.1, 0.15) is 6.26 Å². The summed E-state index contributed by atoms with van der Waals surface area (Å²) in [6.07, 6.45) is 3.31. The molecule has 1 fully saturated rings. The van der Waals surface area contributed by atoms with Crippen LogP contribution in [0.25, 0.3) is 0 Å². The summed E-state index contributed by atoms with van der Waals surface area (Å²) in [4.78, 5) is 30.4. The lowest BCUT2D eigenvalue weighted by atomic mass is 10.2. The first-order valence-electron chi connectivity index (χ1n) is 7.97. The molecule has 2 rings (SSSR count). The van der Waals surface area contributed by atoms with Crippen molar-refractivity contribution in [2.45, 2.75) is 20.3 Å². The van der Waals surface area contributed by atoms with Crippen LogP contribution in [0, 0.1) is 0 Å². The fraction of sp³-hybridized carbons (Fsp3) is 0.625. The molecular formula is C16H25N3O3. The monoisotopic (exact) mass is 307 g/mol. The van der Waals surface area contributed by atoms with Crippen molar-refractivity contribution >= 4 is 11.8 Å². The Labute approximate surface area is 131 Å². The van der Waals surface area contributed by atoms with E-state index in [1.807, 2.05) is 11.8 Å². The highest BCUT2D eigenvalue weighted by molar-refractivity contribution is 5.94. The van der Waals surface area contributed by atoms with Crippen LogP contribution >= 0.6 is 0 Å². The molecule has 1 aliphatic heterocycles. The van der Waals surface area contributed by atoms with E-state index in [9.17, 15) is 9.59 Å². The molecule has 0 unspecified atom stereocenters. The van der Waals surface area contributed by atoms with Gasteiger partial charge in [-0.15, -0.1) is 0 Å². The van der Waals surface area contributed by atoms with Crippen molar-refractivity contribution in [3.63, 3.8) is 0 Å². The normalized spacial score (nSPS) is 15.8. The highest BCUT2D eigenvalue weighted by Gasteiger charge is 2.22. The van der Waals surface area contributed by atoms with Crippen LogP contribution in [0.5, 0.6) is 0 Å². The Morgan fingerprint density at radius 3 is 2.50 bits per heavy atom. The predicted octanol–water partition coefficient (Wildman–Crippen LogP) is 1.30. The molecule has 6 heteroatoms. The Balaban J connectivity index is 1.80. The number of carbonyl (C=O) groups is 2. The van der Waals surface area contributed by atoms with E-state index in [1.165, 1.54) is 12.5 Å². The van der Waals surface area contributed by atoms with Gasteiger partial charge in [-0.2, -0.15) is 0 Å². The van der Waals surface area contributed by atoms with E-state index in [0.717, 1.165) is 32.7 Å². The summed E-state index contributed by atoms with van der Waals surface area (Å²) in [5.41, 5.74) is 0.533. The zero-order chi connectivity index (χ0) is 15.9. The molecule has 122 valence electrons. The third kappa shape index (κ3) is 4.10. The number of rotatable bonds is 6. The van der Waals surface area contributed by atoms with Crippen LogP contribution in [0.2, 0.25) is 0 Å². The lowest BCUT2D eigenvalue weighted by Crippen LogP contribution is -2.49. The van der Waals surface area contributed by atoms with Gasteiger partial charge in [0.15, 0.2) is 0 Å². The molecular weight excluding hydrogens is 282 g/mol. The Morgan fingerprint density at radius 2 is 1.95 bits per heavy atom. The number of likely N-dealkylation sites (N-methyl/N-ethyl adjacent to an activating group) is 1. The van der Waals surface area contributed by atoms with Gasteiger partial charge < -0.3 is 19.1 Å². The van der Waals surface area contributed by atoms with Crippen LogP contribution in [-0.4, -0.2) is 72.3 Å². The lowest BCUT2D eigenvalue weighted by Gasteiger charge is -2.34. The first-order chi connectivity index (χ1) is 10.7. The quantitative estimate of drug-likeness (QED) is 0.795. The van der Waals surface area contributed by atoms with Gasteiger partial charge in [-0.1, -0.05) is 6.92 Å². The SMILES string of the molecule is CCN1CCN(C(=O)CCN(CC)C(=O)c2ccoc2)CC1. The van der Waals surface area contributed by atoms with Crippen LogP contribution < -0.4 is 0 Å². The molecule has 2 heterocycles. The van der Waals surface area contributed by atoms with Gasteiger partial charge in [-0.25, -0.2) is 0 Å². The second-order valence-corrected chi connectivity index (χ2v) is 5.46. The van der Waals surface area contributed by atoms with Gasteiger partial charge in [-0.05, 0) is 19.5 Å². The van der Waals surface area contributed by atoms with Crippen molar-refractivity contribution in [1.82, 2.24) is 14.7 Å². The average molecular weight is 307 g/mol. The molecule has 0 aliphatic carbocycles. The Bertz CT molecular complexity index is 479. The second-order valence-electron chi connectivity index (χ2n) is 5.46. The van der Waals surface area contributed by atoms with Crippen molar-refractivity contribution in [2.24, 2.45) is 0 Å². The number of amides is 2. The minimum Gasteiger partial charge on any atom is -0.472 e. The molecule has 0 radical (unpaired) electrons. The summed E-state index contributed by atoms with van der Waals surface area (Å²) in [5, 5.41) is 0. The van der Waals surface area contributed by atoms with Crippen molar-refractivity contribution in [1.29, 1.82) is 0 Å². The molecule has 1 aliphatic rings. The maximum Gasteiger partial charge on any atom is 0.257 e. The number of hydrogen-bond acceptors (Lipinski definition) is 4. The highest BCUT2D eigenvalue weighted by atomic mass is 16.3. The van der Waals surface area contributed by atoms with Crippen molar-refractivity contribution in [3.8, 4) is 0 Å². The molecule has 0 atom stereocenters. The molecule has 1 saturated heterocycles. The largest absolute Gasteiger partial charge is 0.472 e. The molecule has 2 amide bonds. The minimum absolute atomic E-state index is 0.0835. The molecule has 0 N–H and O–H groups in total. The van der Waals surface area contributed by atoms with Gasteiger partial charge in [0, 0.05) is 45.7 Å². The van der Waals surface area contributed by atoms with E-state index >= 15 is 0 Å². The van der Waals surface area contributed by atoms with Gasteiger partial charge >= 0.3 is 0 Å². The van der Waals surface area contributed by atoms with Crippen LogP contribution in [0.3, 0.4) is 0 Å². The average Bonchev–Trinajstić information content (AvgIpc) is 3.09. The van der Waals surface area contributed by atoms with Crippen molar-refractivity contribution in [2.75, 3.05) is 45.8 Å².